The Morgan fingerprint density at radius 3 is 2.59 bits per heavy atom. The van der Waals surface area contributed by atoms with E-state index in [1.807, 2.05) is 29.2 Å². The normalized spacial score (nSPS) is 22.6. The Labute approximate surface area is 161 Å². The number of rotatable bonds is 4. The van der Waals surface area contributed by atoms with Gasteiger partial charge in [-0.2, -0.15) is 0 Å². The molecule has 2 heterocycles. The number of carbonyl (C=O) groups is 2. The summed E-state index contributed by atoms with van der Waals surface area (Å²) >= 11 is 0. The first-order valence-corrected chi connectivity index (χ1v) is 10.3. The first-order valence-electron chi connectivity index (χ1n) is 10.3. The molecule has 0 radical (unpaired) electrons. The maximum Gasteiger partial charge on any atom is 0.253 e. The summed E-state index contributed by atoms with van der Waals surface area (Å²) in [6.45, 7) is 3.44. The lowest BCUT2D eigenvalue weighted by Gasteiger charge is -2.41. The molecule has 2 saturated heterocycles. The fourth-order valence-corrected chi connectivity index (χ4v) is 4.58. The third kappa shape index (κ3) is 4.12. The van der Waals surface area contributed by atoms with Crippen molar-refractivity contribution in [3.63, 3.8) is 0 Å². The van der Waals surface area contributed by atoms with Crippen LogP contribution in [-0.2, 0) is 4.79 Å². The molecule has 1 aromatic carbocycles. The van der Waals surface area contributed by atoms with Crippen molar-refractivity contribution < 1.29 is 14.3 Å². The molecule has 3 fully saturated rings. The molecule has 2 amide bonds. The molecule has 0 N–H and O–H groups in total. The van der Waals surface area contributed by atoms with Gasteiger partial charge in [0.1, 0.15) is 5.75 Å². The molecule has 3 aliphatic rings. The molecule has 1 saturated carbocycles. The van der Waals surface area contributed by atoms with E-state index in [0.29, 0.717) is 23.6 Å². The summed E-state index contributed by atoms with van der Waals surface area (Å²) < 4.78 is 5.24. The molecule has 1 spiro atoms. The predicted molar refractivity (Wildman–Crippen MR) is 104 cm³/mol. The van der Waals surface area contributed by atoms with Gasteiger partial charge in [-0.15, -0.1) is 0 Å². The molecule has 5 heteroatoms. The molecule has 0 aromatic heterocycles. The van der Waals surface area contributed by atoms with Crippen molar-refractivity contribution in [3.05, 3.63) is 29.8 Å². The minimum Gasteiger partial charge on any atom is -0.497 e. The van der Waals surface area contributed by atoms with Gasteiger partial charge in [-0.3, -0.25) is 9.59 Å². The van der Waals surface area contributed by atoms with E-state index in [1.165, 1.54) is 12.8 Å². The highest BCUT2D eigenvalue weighted by molar-refractivity contribution is 5.94. The number of nitrogens with zero attached hydrogens (tertiary/aromatic N) is 2. The summed E-state index contributed by atoms with van der Waals surface area (Å²) in [6, 6.07) is 7.39. The molecule has 5 nitrogen and oxygen atoms in total. The number of ether oxygens (including phenoxy) is 1. The molecule has 0 atom stereocenters. The van der Waals surface area contributed by atoms with E-state index in [4.69, 9.17) is 4.74 Å². The topological polar surface area (TPSA) is 49.9 Å². The van der Waals surface area contributed by atoms with Gasteiger partial charge in [0, 0.05) is 38.2 Å². The van der Waals surface area contributed by atoms with Crippen LogP contribution in [0.4, 0.5) is 0 Å². The van der Waals surface area contributed by atoms with Crippen molar-refractivity contribution in [2.24, 2.45) is 11.3 Å². The monoisotopic (exact) mass is 370 g/mol. The van der Waals surface area contributed by atoms with Gasteiger partial charge >= 0.3 is 0 Å². The number of methoxy groups -OCH3 is 1. The third-order valence-corrected chi connectivity index (χ3v) is 6.74. The van der Waals surface area contributed by atoms with E-state index >= 15 is 0 Å². The summed E-state index contributed by atoms with van der Waals surface area (Å²) in [5.74, 6) is 1.90. The highest BCUT2D eigenvalue weighted by atomic mass is 16.5. The molecule has 1 aliphatic carbocycles. The highest BCUT2D eigenvalue weighted by Gasteiger charge is 2.39. The van der Waals surface area contributed by atoms with Crippen LogP contribution in [0.25, 0.3) is 0 Å². The fraction of sp³-hybridized carbons (Fsp3) is 0.636. The minimum atomic E-state index is 0.0869. The molecule has 4 rings (SSSR count). The second-order valence-electron chi connectivity index (χ2n) is 8.56. The van der Waals surface area contributed by atoms with Crippen LogP contribution in [0.3, 0.4) is 0 Å². The van der Waals surface area contributed by atoms with Crippen LogP contribution in [0, 0.1) is 11.3 Å². The number of likely N-dealkylation sites (tertiary alicyclic amines) is 2. The van der Waals surface area contributed by atoms with Gasteiger partial charge < -0.3 is 14.5 Å². The smallest absolute Gasteiger partial charge is 0.253 e. The molecule has 146 valence electrons. The van der Waals surface area contributed by atoms with Gasteiger partial charge in [-0.05, 0) is 68.1 Å². The maximum atomic E-state index is 12.8. The Kier molecular flexibility index (Phi) is 5.11. The van der Waals surface area contributed by atoms with Gasteiger partial charge in [0.05, 0.1) is 7.11 Å². The summed E-state index contributed by atoms with van der Waals surface area (Å²) in [4.78, 5) is 29.4. The van der Waals surface area contributed by atoms with Crippen LogP contribution in [0.1, 0.15) is 55.3 Å². The van der Waals surface area contributed by atoms with Crippen LogP contribution >= 0.6 is 0 Å². The van der Waals surface area contributed by atoms with Crippen molar-refractivity contribution in [1.82, 2.24) is 9.80 Å². The van der Waals surface area contributed by atoms with Gasteiger partial charge in [-0.1, -0.05) is 6.07 Å². The van der Waals surface area contributed by atoms with Crippen molar-refractivity contribution in [3.8, 4) is 5.75 Å². The molecule has 2 aliphatic heterocycles. The van der Waals surface area contributed by atoms with E-state index in [1.54, 1.807) is 7.11 Å². The van der Waals surface area contributed by atoms with Crippen molar-refractivity contribution in [2.45, 2.75) is 44.9 Å². The van der Waals surface area contributed by atoms with E-state index in [-0.39, 0.29) is 11.3 Å². The molecule has 1 aromatic rings. The second kappa shape index (κ2) is 7.53. The fourth-order valence-electron chi connectivity index (χ4n) is 4.58. The lowest BCUT2D eigenvalue weighted by molar-refractivity contribution is -0.130. The third-order valence-electron chi connectivity index (χ3n) is 6.74. The van der Waals surface area contributed by atoms with Crippen molar-refractivity contribution >= 4 is 11.8 Å². The Morgan fingerprint density at radius 2 is 1.89 bits per heavy atom. The lowest BCUT2D eigenvalue weighted by Crippen LogP contribution is -2.43. The van der Waals surface area contributed by atoms with Crippen molar-refractivity contribution in [2.75, 3.05) is 33.3 Å². The first kappa shape index (κ1) is 18.3. The number of benzene rings is 1. The van der Waals surface area contributed by atoms with Crippen molar-refractivity contribution in [1.29, 1.82) is 0 Å². The summed E-state index contributed by atoms with van der Waals surface area (Å²) in [6.07, 6.45) is 7.34. The minimum absolute atomic E-state index is 0.0869. The quantitative estimate of drug-likeness (QED) is 0.817. The first-order chi connectivity index (χ1) is 13.1. The zero-order valence-corrected chi connectivity index (χ0v) is 16.3. The molecular formula is C22H30N2O3. The highest BCUT2D eigenvalue weighted by Crippen LogP contribution is 2.42. The summed E-state index contributed by atoms with van der Waals surface area (Å²) in [5, 5.41) is 0. The number of carbonyl (C=O) groups excluding carboxylic acids is 2. The largest absolute Gasteiger partial charge is 0.497 e. The Morgan fingerprint density at radius 1 is 1.15 bits per heavy atom. The predicted octanol–water partition coefficient (Wildman–Crippen LogP) is 3.34. The lowest BCUT2D eigenvalue weighted by atomic mass is 9.73. The number of hydrogen-bond donors (Lipinski definition) is 0. The van der Waals surface area contributed by atoms with Crippen LogP contribution < -0.4 is 4.74 Å². The molecule has 0 unspecified atom stereocenters. The second-order valence-corrected chi connectivity index (χ2v) is 8.56. The number of hydrogen-bond acceptors (Lipinski definition) is 3. The van der Waals surface area contributed by atoms with E-state index in [0.717, 1.165) is 57.8 Å². The van der Waals surface area contributed by atoms with Crippen LogP contribution in [0.15, 0.2) is 24.3 Å². The van der Waals surface area contributed by atoms with Crippen LogP contribution in [0.2, 0.25) is 0 Å². The van der Waals surface area contributed by atoms with E-state index < -0.39 is 0 Å². The standard InChI is InChI=1S/C22H30N2O3/c1-27-19-4-2-3-18(15-19)21(26)23-12-9-22(10-13-23)8-7-20(25)24(14-11-22)16-17-5-6-17/h2-4,15,17H,5-14,16H2,1H3. The average Bonchev–Trinajstić information content (AvgIpc) is 3.54. The zero-order chi connectivity index (χ0) is 18.9. The van der Waals surface area contributed by atoms with Gasteiger partial charge in [0.15, 0.2) is 0 Å². The Bertz CT molecular complexity index is 705. The molecular weight excluding hydrogens is 340 g/mol. The average molecular weight is 370 g/mol. The SMILES string of the molecule is COc1cccc(C(=O)N2CCC3(CCC(=O)N(CC4CC4)CC3)CC2)c1. The molecule has 27 heavy (non-hydrogen) atoms. The number of piperidine rings is 1. The summed E-state index contributed by atoms with van der Waals surface area (Å²) in [5.41, 5.74) is 0.927. The Hall–Kier alpha value is -2.04. The Balaban J connectivity index is 1.36. The maximum absolute atomic E-state index is 12.8. The number of amides is 2. The van der Waals surface area contributed by atoms with E-state index in [9.17, 15) is 9.59 Å². The van der Waals surface area contributed by atoms with Gasteiger partial charge in [0.2, 0.25) is 5.91 Å². The molecule has 0 bridgehead atoms. The van der Waals surface area contributed by atoms with E-state index in [2.05, 4.69) is 4.90 Å². The summed E-state index contributed by atoms with van der Waals surface area (Å²) in [7, 11) is 1.62. The van der Waals surface area contributed by atoms with Crippen LogP contribution in [-0.4, -0.2) is 54.9 Å². The zero-order valence-electron chi connectivity index (χ0n) is 16.3. The van der Waals surface area contributed by atoms with Gasteiger partial charge in [0.25, 0.3) is 5.91 Å². The van der Waals surface area contributed by atoms with Gasteiger partial charge in [-0.25, -0.2) is 0 Å². The van der Waals surface area contributed by atoms with Crippen LogP contribution in [0.5, 0.6) is 5.75 Å².